The molecule has 9 heteroatoms. The molecule has 0 unspecified atom stereocenters. The van der Waals surface area contributed by atoms with Crippen molar-refractivity contribution in [1.82, 2.24) is 0 Å². The molecule has 1 aliphatic heterocycles. The van der Waals surface area contributed by atoms with Crippen LogP contribution in [0, 0.1) is 0 Å². The second-order valence-corrected chi connectivity index (χ2v) is 7.60. The van der Waals surface area contributed by atoms with Crippen molar-refractivity contribution >= 4 is 21.9 Å². The fraction of sp³-hybridized carbons (Fsp3) is 0.240. The Morgan fingerprint density at radius 3 is 2.32 bits per heavy atom. The van der Waals surface area contributed by atoms with Crippen LogP contribution in [0.25, 0.3) is 21.9 Å². The molecule has 2 atom stereocenters. The first-order chi connectivity index (χ1) is 16.5. The van der Waals surface area contributed by atoms with Crippen LogP contribution in [0.1, 0.15) is 11.7 Å². The van der Waals surface area contributed by atoms with Crippen LogP contribution < -0.4 is 29.1 Å². The summed E-state index contributed by atoms with van der Waals surface area (Å²) >= 11 is 0. The molecule has 2 heterocycles. The highest BCUT2D eigenvalue weighted by molar-refractivity contribution is 5.95. The zero-order valence-corrected chi connectivity index (χ0v) is 18.9. The van der Waals surface area contributed by atoms with Gasteiger partial charge in [0.25, 0.3) is 0 Å². The molecule has 3 aromatic carbocycles. The van der Waals surface area contributed by atoms with Crippen LogP contribution in [0.15, 0.2) is 51.7 Å². The molecule has 0 bridgehead atoms. The van der Waals surface area contributed by atoms with E-state index in [0.717, 1.165) is 0 Å². The zero-order valence-electron chi connectivity index (χ0n) is 18.9. The first-order valence-electron chi connectivity index (χ1n) is 10.4. The van der Waals surface area contributed by atoms with E-state index < -0.39 is 12.4 Å². The average Bonchev–Trinajstić information content (AvgIpc) is 2.87. The van der Waals surface area contributed by atoms with Crippen molar-refractivity contribution in [2.24, 2.45) is 0 Å². The SMILES string of the molecule is COc1ccc2c(=O)c3cc(OC)c4c(c3oc2c1)O[C@@H](OC)[C@H](c1ccc(O)c(OC)c1)O4. The fourth-order valence-corrected chi connectivity index (χ4v) is 4.03. The van der Waals surface area contributed by atoms with Crippen LogP contribution in [0.3, 0.4) is 0 Å². The summed E-state index contributed by atoms with van der Waals surface area (Å²) in [5.41, 5.74) is 0.930. The van der Waals surface area contributed by atoms with Gasteiger partial charge in [-0.3, -0.25) is 4.79 Å². The third-order valence-corrected chi connectivity index (χ3v) is 5.76. The Kier molecular flexibility index (Phi) is 5.33. The summed E-state index contributed by atoms with van der Waals surface area (Å²) in [5.74, 6) is 1.55. The second kappa shape index (κ2) is 8.35. The molecule has 176 valence electrons. The third-order valence-electron chi connectivity index (χ3n) is 5.76. The van der Waals surface area contributed by atoms with Gasteiger partial charge >= 0.3 is 0 Å². The molecule has 4 aromatic rings. The van der Waals surface area contributed by atoms with Crippen LogP contribution in [0.2, 0.25) is 0 Å². The van der Waals surface area contributed by atoms with Crippen LogP contribution in [-0.2, 0) is 4.74 Å². The largest absolute Gasteiger partial charge is 0.504 e. The molecule has 5 rings (SSSR count). The number of fused-ring (bicyclic) bond motifs is 4. The molecule has 1 aromatic heterocycles. The van der Waals surface area contributed by atoms with Crippen molar-refractivity contribution in [3.8, 4) is 34.5 Å². The highest BCUT2D eigenvalue weighted by atomic mass is 16.7. The lowest BCUT2D eigenvalue weighted by Gasteiger charge is -2.34. The minimum Gasteiger partial charge on any atom is -0.504 e. The van der Waals surface area contributed by atoms with E-state index in [2.05, 4.69) is 0 Å². The number of aromatic hydroxyl groups is 1. The predicted molar refractivity (Wildman–Crippen MR) is 123 cm³/mol. The molecule has 0 radical (unpaired) electrons. The van der Waals surface area contributed by atoms with E-state index in [4.69, 9.17) is 32.8 Å². The van der Waals surface area contributed by atoms with Crippen molar-refractivity contribution in [3.05, 3.63) is 58.3 Å². The summed E-state index contributed by atoms with van der Waals surface area (Å²) in [6.07, 6.45) is -1.63. The molecule has 1 N–H and O–H groups in total. The summed E-state index contributed by atoms with van der Waals surface area (Å²) in [6.45, 7) is 0. The first kappa shape index (κ1) is 21.7. The minimum atomic E-state index is -0.900. The van der Waals surface area contributed by atoms with Gasteiger partial charge in [-0.05, 0) is 30.3 Å². The van der Waals surface area contributed by atoms with E-state index in [0.29, 0.717) is 28.0 Å². The highest BCUT2D eigenvalue weighted by Crippen LogP contribution is 2.50. The van der Waals surface area contributed by atoms with Gasteiger partial charge in [-0.2, -0.15) is 0 Å². The van der Waals surface area contributed by atoms with Gasteiger partial charge in [0.1, 0.15) is 11.3 Å². The van der Waals surface area contributed by atoms with Crippen molar-refractivity contribution in [3.63, 3.8) is 0 Å². The number of phenolic OH excluding ortho intramolecular Hbond substituents is 1. The van der Waals surface area contributed by atoms with Gasteiger partial charge in [0.15, 0.2) is 28.9 Å². The van der Waals surface area contributed by atoms with Crippen LogP contribution >= 0.6 is 0 Å². The molecule has 0 saturated carbocycles. The van der Waals surface area contributed by atoms with Gasteiger partial charge < -0.3 is 37.9 Å². The number of rotatable bonds is 5. The highest BCUT2D eigenvalue weighted by Gasteiger charge is 2.38. The summed E-state index contributed by atoms with van der Waals surface area (Å²) in [5, 5.41) is 10.6. The lowest BCUT2D eigenvalue weighted by molar-refractivity contribution is -0.137. The van der Waals surface area contributed by atoms with Crippen LogP contribution in [0.5, 0.6) is 34.5 Å². The average molecular weight is 466 g/mol. The van der Waals surface area contributed by atoms with E-state index in [1.54, 1.807) is 36.4 Å². The Balaban J connectivity index is 1.72. The molecule has 1 aliphatic rings. The van der Waals surface area contributed by atoms with E-state index in [1.807, 2.05) is 0 Å². The minimum absolute atomic E-state index is 0.00926. The fourth-order valence-electron chi connectivity index (χ4n) is 4.03. The van der Waals surface area contributed by atoms with Crippen molar-refractivity contribution in [2.75, 3.05) is 28.4 Å². The van der Waals surface area contributed by atoms with Gasteiger partial charge in [-0.15, -0.1) is 0 Å². The van der Waals surface area contributed by atoms with Crippen molar-refractivity contribution in [1.29, 1.82) is 0 Å². The van der Waals surface area contributed by atoms with Crippen molar-refractivity contribution < 1.29 is 37.9 Å². The Morgan fingerprint density at radius 1 is 0.824 bits per heavy atom. The molecule has 0 amide bonds. The Hall–Kier alpha value is -4.11. The van der Waals surface area contributed by atoms with E-state index in [1.165, 1.54) is 34.5 Å². The molecule has 0 saturated heterocycles. The smallest absolute Gasteiger partial charge is 0.241 e. The van der Waals surface area contributed by atoms with Crippen LogP contribution in [0.4, 0.5) is 0 Å². The monoisotopic (exact) mass is 466 g/mol. The molecule has 0 aliphatic carbocycles. The maximum absolute atomic E-state index is 13.3. The molecular formula is C25H22O9. The quantitative estimate of drug-likeness (QED) is 0.434. The van der Waals surface area contributed by atoms with Gasteiger partial charge in [-0.25, -0.2) is 0 Å². The van der Waals surface area contributed by atoms with Gasteiger partial charge in [-0.1, -0.05) is 6.07 Å². The summed E-state index contributed by atoms with van der Waals surface area (Å²) in [4.78, 5) is 13.3. The molecular weight excluding hydrogens is 444 g/mol. The second-order valence-electron chi connectivity index (χ2n) is 7.60. The number of phenols is 1. The van der Waals surface area contributed by atoms with Gasteiger partial charge in [0.05, 0.1) is 32.1 Å². The topological polar surface area (TPSA) is 106 Å². The van der Waals surface area contributed by atoms with Gasteiger partial charge in [0, 0.05) is 18.7 Å². The third kappa shape index (κ3) is 3.32. The number of hydrogen-bond acceptors (Lipinski definition) is 9. The summed E-state index contributed by atoms with van der Waals surface area (Å²) in [7, 11) is 5.93. The molecule has 0 spiro atoms. The summed E-state index contributed by atoms with van der Waals surface area (Å²) in [6, 6.07) is 11.3. The Bertz CT molecular complexity index is 1460. The Labute approximate surface area is 193 Å². The number of ether oxygens (including phenoxy) is 6. The van der Waals surface area contributed by atoms with E-state index >= 15 is 0 Å². The van der Waals surface area contributed by atoms with E-state index in [9.17, 15) is 9.90 Å². The van der Waals surface area contributed by atoms with E-state index in [-0.39, 0.29) is 39.4 Å². The zero-order chi connectivity index (χ0) is 24.0. The maximum Gasteiger partial charge on any atom is 0.241 e. The lowest BCUT2D eigenvalue weighted by atomic mass is 10.1. The molecule has 0 fully saturated rings. The number of benzene rings is 3. The number of methoxy groups -OCH3 is 4. The van der Waals surface area contributed by atoms with Crippen LogP contribution in [-0.4, -0.2) is 39.8 Å². The standard InChI is InChI=1S/C25H22O9/c1-28-13-6-7-14-17(10-13)32-22-15(20(14)27)11-19(30-3)23-24(22)34-25(31-4)21(33-23)12-5-8-16(26)18(9-12)29-2/h5-11,21,25-26H,1-4H3/t21-,25+/m0/s1. The lowest BCUT2D eigenvalue weighted by Crippen LogP contribution is -2.35. The predicted octanol–water partition coefficient (Wildman–Crippen LogP) is 4.16. The number of hydrogen-bond donors (Lipinski definition) is 1. The summed E-state index contributed by atoms with van der Waals surface area (Å²) < 4.78 is 40.1. The Morgan fingerprint density at radius 2 is 1.62 bits per heavy atom. The molecule has 34 heavy (non-hydrogen) atoms. The van der Waals surface area contributed by atoms with Crippen molar-refractivity contribution in [2.45, 2.75) is 12.4 Å². The first-order valence-corrected chi connectivity index (χ1v) is 10.4. The molecule has 9 nitrogen and oxygen atoms in total. The normalized spacial score (nSPS) is 17.1. The maximum atomic E-state index is 13.3. The van der Waals surface area contributed by atoms with Gasteiger partial charge in [0.2, 0.25) is 23.2 Å².